The van der Waals surface area contributed by atoms with Crippen molar-refractivity contribution in [2.45, 2.75) is 96.5 Å². The molecule has 3 aromatic rings. The maximum Gasteiger partial charge on any atom is 0.410 e. The van der Waals surface area contributed by atoms with E-state index in [9.17, 15) is 4.79 Å². The van der Waals surface area contributed by atoms with Crippen LogP contribution in [0.5, 0.6) is 11.5 Å². The lowest BCUT2D eigenvalue weighted by molar-refractivity contribution is -0.0822. The molecule has 300 valence electrons. The van der Waals surface area contributed by atoms with Gasteiger partial charge in [0.05, 0.1) is 30.9 Å². The number of carbonyl (C=O) groups is 1. The number of amides is 1. The van der Waals surface area contributed by atoms with Crippen LogP contribution >= 0.6 is 0 Å². The van der Waals surface area contributed by atoms with Gasteiger partial charge in [-0.2, -0.15) is 0 Å². The van der Waals surface area contributed by atoms with Crippen molar-refractivity contribution in [2.24, 2.45) is 4.99 Å². The first-order valence-corrected chi connectivity index (χ1v) is 21.3. The van der Waals surface area contributed by atoms with Crippen LogP contribution in [0.1, 0.15) is 72.6 Å². The molecule has 6 rings (SSSR count). The lowest BCUT2D eigenvalue weighted by Crippen LogP contribution is -2.67. The number of nitrogens with zero attached hydrogens (tertiary/aromatic N) is 3. The number of benzene rings is 3. The highest BCUT2D eigenvalue weighted by molar-refractivity contribution is 6.99. The molecular formula is C44H56F2N4O5Si. The Labute approximate surface area is 331 Å². The van der Waals surface area contributed by atoms with Crippen LogP contribution in [-0.4, -0.2) is 87.1 Å². The van der Waals surface area contributed by atoms with Crippen LogP contribution < -0.4 is 25.2 Å². The second kappa shape index (κ2) is 16.1. The summed E-state index contributed by atoms with van der Waals surface area (Å²) in [4.78, 5) is 20.7. The van der Waals surface area contributed by atoms with Gasteiger partial charge in [-0.1, -0.05) is 94.1 Å². The van der Waals surface area contributed by atoms with Gasteiger partial charge in [-0.15, -0.1) is 0 Å². The zero-order valence-corrected chi connectivity index (χ0v) is 34.9. The zero-order valence-electron chi connectivity index (χ0n) is 33.9. The largest absolute Gasteiger partial charge is 0.454 e. The highest BCUT2D eigenvalue weighted by Gasteiger charge is 2.52. The summed E-state index contributed by atoms with van der Waals surface area (Å²) < 4.78 is 57.3. The van der Waals surface area contributed by atoms with Gasteiger partial charge in [0.15, 0.2) is 11.5 Å². The van der Waals surface area contributed by atoms with Gasteiger partial charge in [0.25, 0.3) is 14.2 Å². The Hall–Kier alpha value is -4.52. The smallest absolute Gasteiger partial charge is 0.410 e. The van der Waals surface area contributed by atoms with E-state index >= 15 is 8.78 Å². The molecule has 0 saturated carbocycles. The van der Waals surface area contributed by atoms with Gasteiger partial charge in [0.2, 0.25) is 6.79 Å². The van der Waals surface area contributed by atoms with Gasteiger partial charge in [-0.25, -0.2) is 13.6 Å². The molecule has 12 heteroatoms. The fraction of sp³-hybridized carbons (Fsp3) is 0.455. The molecule has 1 amide bonds. The predicted molar refractivity (Wildman–Crippen MR) is 220 cm³/mol. The number of hydrogen-bond donors (Lipinski definition) is 1. The number of nitrogens with one attached hydrogen (secondary N) is 1. The highest BCUT2D eigenvalue weighted by atomic mass is 28.4. The first kappa shape index (κ1) is 41.1. The number of alkyl halides is 2. The van der Waals surface area contributed by atoms with E-state index in [0.717, 1.165) is 27.2 Å². The second-order valence-electron chi connectivity index (χ2n) is 17.1. The summed E-state index contributed by atoms with van der Waals surface area (Å²) in [5, 5.41) is 4.86. The minimum Gasteiger partial charge on any atom is -0.454 e. The molecule has 3 aliphatic rings. The summed E-state index contributed by atoms with van der Waals surface area (Å²) >= 11 is 0. The molecule has 1 fully saturated rings. The van der Waals surface area contributed by atoms with Crippen LogP contribution in [-0.2, 0) is 15.6 Å². The molecule has 0 bridgehead atoms. The Morgan fingerprint density at radius 3 is 2.12 bits per heavy atom. The number of ether oxygens (including phenoxy) is 3. The Morgan fingerprint density at radius 2 is 1.57 bits per heavy atom. The Bertz CT molecular complexity index is 1900. The summed E-state index contributed by atoms with van der Waals surface area (Å²) in [6.07, 6.45) is 3.74. The van der Waals surface area contributed by atoms with E-state index in [2.05, 4.69) is 32.7 Å². The zero-order chi connectivity index (χ0) is 40.5. The molecule has 9 nitrogen and oxygen atoms in total. The molecule has 1 N–H and O–H groups in total. The lowest BCUT2D eigenvalue weighted by Gasteiger charge is -2.45. The van der Waals surface area contributed by atoms with Crippen LogP contribution in [0, 0.1) is 0 Å². The number of rotatable bonds is 12. The SMILES string of the molecule is C=C(/N=C\C(=C/C)NC1CN(C(=O)OC(C)(C)C)C1)[C@@H]1c2cc3c(cc2C[C@@H](C)N1CC(F)(F)CO[Si](c1ccccc1)(c1ccccc1)C(C)(C)C)OCO3. The summed E-state index contributed by atoms with van der Waals surface area (Å²) in [6, 6.07) is 22.6. The maximum atomic E-state index is 16.8. The lowest BCUT2D eigenvalue weighted by atomic mass is 9.86. The second-order valence-corrected chi connectivity index (χ2v) is 21.4. The van der Waals surface area contributed by atoms with E-state index in [-0.39, 0.29) is 25.0 Å². The summed E-state index contributed by atoms with van der Waals surface area (Å²) in [6.45, 7) is 19.7. The van der Waals surface area contributed by atoms with Gasteiger partial charge in [0, 0.05) is 31.0 Å². The average molecular weight is 787 g/mol. The van der Waals surface area contributed by atoms with Crippen LogP contribution in [0.3, 0.4) is 0 Å². The number of aliphatic imine (C=N–C) groups is 1. The average Bonchev–Trinajstić information content (AvgIpc) is 3.57. The minimum absolute atomic E-state index is 0.00864. The topological polar surface area (TPSA) is 84.9 Å². The fourth-order valence-electron chi connectivity index (χ4n) is 7.91. The van der Waals surface area contributed by atoms with Crippen molar-refractivity contribution in [2.75, 3.05) is 33.0 Å². The Kier molecular flexibility index (Phi) is 11.9. The van der Waals surface area contributed by atoms with Crippen LogP contribution in [0.4, 0.5) is 13.6 Å². The highest BCUT2D eigenvalue weighted by Crippen LogP contribution is 2.45. The normalized spacial score (nSPS) is 19.5. The molecule has 2 atom stereocenters. The predicted octanol–water partition coefficient (Wildman–Crippen LogP) is 7.61. The number of halogens is 2. The van der Waals surface area contributed by atoms with E-state index < -0.39 is 44.1 Å². The van der Waals surface area contributed by atoms with Gasteiger partial charge >= 0.3 is 6.09 Å². The maximum absolute atomic E-state index is 16.8. The third kappa shape index (κ3) is 8.87. The van der Waals surface area contributed by atoms with Crippen molar-refractivity contribution < 1.29 is 32.2 Å². The molecular weight excluding hydrogens is 731 g/mol. The third-order valence-electron chi connectivity index (χ3n) is 10.6. The summed E-state index contributed by atoms with van der Waals surface area (Å²) in [5.74, 6) is -2.03. The molecule has 1 saturated heterocycles. The summed E-state index contributed by atoms with van der Waals surface area (Å²) in [5.41, 5.74) is 2.35. The number of allylic oxidation sites excluding steroid dienone is 2. The molecule has 0 aliphatic carbocycles. The van der Waals surface area contributed by atoms with Crippen molar-refractivity contribution in [3.8, 4) is 11.5 Å². The van der Waals surface area contributed by atoms with Crippen LogP contribution in [0.15, 0.2) is 102 Å². The number of fused-ring (bicyclic) bond motifs is 2. The van der Waals surface area contributed by atoms with Crippen molar-refractivity contribution in [3.05, 3.63) is 108 Å². The van der Waals surface area contributed by atoms with E-state index in [1.54, 1.807) is 16.0 Å². The van der Waals surface area contributed by atoms with Crippen molar-refractivity contribution in [1.82, 2.24) is 15.1 Å². The molecule has 0 radical (unpaired) electrons. The third-order valence-corrected chi connectivity index (χ3v) is 15.6. The molecule has 3 aliphatic heterocycles. The van der Waals surface area contributed by atoms with E-state index in [0.29, 0.717) is 36.7 Å². The minimum atomic E-state index is -3.24. The molecule has 0 spiro atoms. The van der Waals surface area contributed by atoms with Crippen molar-refractivity contribution in [1.29, 1.82) is 0 Å². The Morgan fingerprint density at radius 1 is 0.982 bits per heavy atom. The quantitative estimate of drug-likeness (QED) is 0.150. The van der Waals surface area contributed by atoms with Crippen LogP contribution in [0.25, 0.3) is 0 Å². The number of likely N-dealkylation sites (tertiary alicyclic amines) is 1. The van der Waals surface area contributed by atoms with E-state index in [4.69, 9.17) is 23.6 Å². The monoisotopic (exact) mass is 786 g/mol. The van der Waals surface area contributed by atoms with Crippen molar-refractivity contribution in [3.63, 3.8) is 0 Å². The first-order valence-electron chi connectivity index (χ1n) is 19.4. The number of hydrogen-bond acceptors (Lipinski definition) is 8. The summed E-state index contributed by atoms with van der Waals surface area (Å²) in [7, 11) is -3.23. The van der Waals surface area contributed by atoms with E-state index in [1.165, 1.54) is 0 Å². The standard InChI is InChI=1S/C44H56F2N4O5Si/c1-10-33(48-34-25-49(26-34)41(51)55-42(4,5)6)24-47-31(3)40-37-23-39-38(52-29-53-39)22-32(37)21-30(2)50(40)27-44(45,46)28-54-56(43(7,8)9,35-17-13-11-14-18-35)36-19-15-12-16-20-36/h10-20,22-24,30,34,40,48H,3,21,25-29H2,1-2,4-9H3/b33-10+,47-24-/t30-,40-/m1/s1. The van der Waals surface area contributed by atoms with Gasteiger partial charge in [-0.05, 0) is 79.7 Å². The van der Waals surface area contributed by atoms with Gasteiger partial charge in [0.1, 0.15) is 5.60 Å². The Balaban J connectivity index is 1.25. The molecule has 3 aromatic carbocycles. The fourth-order valence-corrected chi connectivity index (χ4v) is 12.5. The van der Waals surface area contributed by atoms with Gasteiger partial charge < -0.3 is 28.9 Å². The number of carbonyl (C=O) groups excluding carboxylic acids is 1. The molecule has 0 unspecified atom stereocenters. The van der Waals surface area contributed by atoms with Crippen LogP contribution in [0.2, 0.25) is 5.04 Å². The first-order chi connectivity index (χ1) is 26.4. The molecule has 56 heavy (non-hydrogen) atoms. The molecule has 0 aromatic heterocycles. The van der Waals surface area contributed by atoms with Gasteiger partial charge in [-0.3, -0.25) is 9.89 Å². The van der Waals surface area contributed by atoms with E-state index in [1.807, 2.05) is 113 Å². The molecule has 3 heterocycles. The van der Waals surface area contributed by atoms with Crippen molar-refractivity contribution >= 4 is 31.0 Å².